The first-order chi connectivity index (χ1) is 27.9. The lowest BCUT2D eigenvalue weighted by molar-refractivity contribution is 1.18. The quantitative estimate of drug-likeness (QED) is 0.205. The van der Waals surface area contributed by atoms with Gasteiger partial charge in [0.25, 0.3) is 0 Å². The minimum Gasteiger partial charge on any atom is -0.309 e. The molecule has 0 bridgehead atoms. The molecule has 0 radical (unpaired) electrons. The molecule has 0 unspecified atom stereocenters. The third-order valence-electron chi connectivity index (χ3n) is 7.42. The van der Waals surface area contributed by atoms with Crippen LogP contribution in [0.4, 0.5) is 0 Å². The highest BCUT2D eigenvalue weighted by atomic mass is 32.2. The van der Waals surface area contributed by atoms with Crippen molar-refractivity contribution < 1.29 is 23.3 Å². The molecule has 8 aromatic rings. The average Bonchev–Trinajstić information content (AvgIpc) is 3.58. The van der Waals surface area contributed by atoms with E-state index in [1.54, 1.807) is 36.4 Å². The Balaban J connectivity index is 1.36. The van der Waals surface area contributed by atoms with Gasteiger partial charge in [-0.05, 0) is 81.1 Å². The Hall–Kier alpha value is -5.05. The molecular formula is C40H25NS. The number of hydrogen-bond acceptors (Lipinski definition) is 1. The number of benzene rings is 7. The largest absolute Gasteiger partial charge is 0.309 e. The molecule has 0 spiro atoms. The Morgan fingerprint density at radius 3 is 2.14 bits per heavy atom. The smallest absolute Gasteiger partial charge is 0.0652 e. The van der Waals surface area contributed by atoms with Crippen LogP contribution in [0.2, 0.25) is 0 Å². The van der Waals surface area contributed by atoms with Crippen molar-refractivity contribution in [3.8, 4) is 39.1 Å². The van der Waals surface area contributed by atoms with E-state index >= 15 is 0 Å². The highest BCUT2D eigenvalue weighted by Gasteiger charge is 2.22. The van der Waals surface area contributed by atoms with Gasteiger partial charge in [0.15, 0.2) is 0 Å². The van der Waals surface area contributed by atoms with Crippen molar-refractivity contribution in [1.82, 2.24) is 4.57 Å². The van der Waals surface area contributed by atoms with Crippen molar-refractivity contribution in [3.63, 3.8) is 0 Å². The van der Waals surface area contributed by atoms with Crippen LogP contribution in [-0.4, -0.2) is 4.57 Å². The standard InChI is InChI=1S/C40H25NS/c1-3-10-26(11-4-1)30-21-23-39-40-33(30)15-9-16-34(40)35-24-27(19-22-38(35)42-39)28-18-20-32-31-14-7-8-17-36(31)41(37(32)25-28)29-12-5-2-6-13-29/h1-25H/i1D,2D,3D,4D,5D,6D,7D,8D,10D,11D,12D,13D,14D,17D,18D,20D,25D. The Bertz CT molecular complexity index is 3220. The van der Waals surface area contributed by atoms with Gasteiger partial charge in [-0.25, -0.2) is 0 Å². The molecule has 0 saturated heterocycles. The second kappa shape index (κ2) is 9.24. The molecule has 7 aromatic carbocycles. The summed E-state index contributed by atoms with van der Waals surface area (Å²) >= 11 is 1.43. The Morgan fingerprint density at radius 2 is 1.26 bits per heavy atom. The third kappa shape index (κ3) is 3.52. The molecule has 1 nitrogen and oxygen atoms in total. The van der Waals surface area contributed by atoms with Crippen LogP contribution in [0, 0.1) is 0 Å². The summed E-state index contributed by atoms with van der Waals surface area (Å²) in [5.74, 6) is 0. The van der Waals surface area contributed by atoms with Gasteiger partial charge in [0.1, 0.15) is 0 Å². The van der Waals surface area contributed by atoms with Gasteiger partial charge in [-0.15, -0.1) is 0 Å². The first-order valence-corrected chi connectivity index (χ1v) is 13.8. The lowest BCUT2D eigenvalue weighted by atomic mass is 9.91. The first kappa shape index (κ1) is 12.4. The minimum absolute atomic E-state index is 0.0504. The topological polar surface area (TPSA) is 4.93 Å². The van der Waals surface area contributed by atoms with E-state index in [0.717, 1.165) is 19.7 Å². The summed E-state index contributed by atoms with van der Waals surface area (Å²) in [5.41, 5.74) is 1.04. The molecule has 0 N–H and O–H groups in total. The zero-order valence-corrected chi connectivity index (χ0v) is 22.3. The van der Waals surface area contributed by atoms with E-state index < -0.39 is 96.3 Å². The lowest BCUT2D eigenvalue weighted by Gasteiger charge is -2.22. The number of rotatable bonds is 3. The second-order valence-electron chi connectivity index (χ2n) is 9.66. The molecule has 0 aliphatic carbocycles. The van der Waals surface area contributed by atoms with E-state index in [4.69, 9.17) is 19.2 Å². The minimum atomic E-state index is -0.719. The second-order valence-corrected chi connectivity index (χ2v) is 10.7. The van der Waals surface area contributed by atoms with E-state index in [-0.39, 0.29) is 45.0 Å². The van der Waals surface area contributed by atoms with Crippen molar-refractivity contribution in [3.05, 3.63) is 151 Å². The van der Waals surface area contributed by atoms with Crippen LogP contribution >= 0.6 is 11.8 Å². The van der Waals surface area contributed by atoms with Crippen LogP contribution in [0.15, 0.2) is 161 Å². The molecule has 1 aliphatic heterocycles. The Morgan fingerprint density at radius 1 is 0.500 bits per heavy atom. The molecular weight excluding hydrogens is 527 g/mol. The van der Waals surface area contributed by atoms with Gasteiger partial charge in [0.2, 0.25) is 0 Å². The van der Waals surface area contributed by atoms with Crippen LogP contribution < -0.4 is 0 Å². The van der Waals surface area contributed by atoms with Crippen LogP contribution in [0.1, 0.15) is 23.3 Å². The molecule has 2 heterocycles. The van der Waals surface area contributed by atoms with Crippen molar-refractivity contribution in [1.29, 1.82) is 0 Å². The van der Waals surface area contributed by atoms with Crippen LogP contribution in [-0.2, 0) is 0 Å². The van der Waals surface area contributed by atoms with Gasteiger partial charge < -0.3 is 4.57 Å². The number of aromatic nitrogens is 1. The summed E-state index contributed by atoms with van der Waals surface area (Å²) in [6.07, 6.45) is 0. The van der Waals surface area contributed by atoms with Gasteiger partial charge in [-0.1, -0.05) is 121 Å². The number of fused-ring (bicyclic) bond motifs is 5. The van der Waals surface area contributed by atoms with Crippen LogP contribution in [0.25, 0.3) is 71.6 Å². The van der Waals surface area contributed by atoms with Crippen molar-refractivity contribution in [2.24, 2.45) is 0 Å². The highest BCUT2D eigenvalue weighted by Crippen LogP contribution is 2.50. The summed E-state index contributed by atoms with van der Waals surface area (Å²) in [7, 11) is 0. The maximum atomic E-state index is 9.68. The summed E-state index contributed by atoms with van der Waals surface area (Å²) in [6, 6.07) is 4.64. The Kier molecular flexibility index (Phi) is 2.74. The normalized spacial score (nSPS) is 17.9. The van der Waals surface area contributed by atoms with Crippen molar-refractivity contribution >= 4 is 44.3 Å². The molecule has 1 aromatic heterocycles. The molecule has 2 heteroatoms. The number of nitrogens with zero attached hydrogens (tertiary/aromatic N) is 1. The van der Waals surface area contributed by atoms with Gasteiger partial charge in [0.05, 0.1) is 34.3 Å². The lowest BCUT2D eigenvalue weighted by Crippen LogP contribution is -1.95. The maximum absolute atomic E-state index is 9.68. The predicted molar refractivity (Wildman–Crippen MR) is 179 cm³/mol. The molecule has 9 rings (SSSR count). The first-order valence-electron chi connectivity index (χ1n) is 21.5. The highest BCUT2D eigenvalue weighted by molar-refractivity contribution is 7.99. The van der Waals surface area contributed by atoms with Gasteiger partial charge >= 0.3 is 0 Å². The molecule has 0 atom stereocenters. The fourth-order valence-electron chi connectivity index (χ4n) is 5.62. The summed E-state index contributed by atoms with van der Waals surface area (Å²) in [4.78, 5) is 1.64. The fourth-order valence-corrected chi connectivity index (χ4v) is 6.73. The summed E-state index contributed by atoms with van der Waals surface area (Å²) in [6.45, 7) is 0. The molecule has 0 amide bonds. The SMILES string of the molecule is [2H]c1c([2H])c([2H])c(-c2ccc3c4c(cccc24)-c2cc(-c4c([2H])c([2H])c5c6c([2H])c([2H])c([2H])c([2H])c6n(-c6c([2H])c([2H])c([2H])c([2H])c6[2H])c5c4[2H])ccc2S3)c([2H])c1[2H]. The van der Waals surface area contributed by atoms with Crippen molar-refractivity contribution in [2.45, 2.75) is 9.79 Å². The summed E-state index contributed by atoms with van der Waals surface area (Å²) < 4.78 is 149. The zero-order valence-electron chi connectivity index (χ0n) is 38.5. The fraction of sp³-hybridized carbons (Fsp3) is 0. The maximum Gasteiger partial charge on any atom is 0.0652 e. The number of para-hydroxylation sites is 2. The molecule has 0 fully saturated rings. The van der Waals surface area contributed by atoms with Gasteiger partial charge in [-0.3, -0.25) is 0 Å². The van der Waals surface area contributed by atoms with E-state index in [1.165, 1.54) is 11.8 Å². The summed E-state index contributed by atoms with van der Waals surface area (Å²) in [5, 5.41) is 0.911. The van der Waals surface area contributed by atoms with E-state index in [1.807, 2.05) is 12.1 Å². The number of hydrogen-bond donors (Lipinski definition) is 0. The van der Waals surface area contributed by atoms with Crippen molar-refractivity contribution in [2.75, 3.05) is 0 Å². The molecule has 1 aliphatic rings. The third-order valence-corrected chi connectivity index (χ3v) is 8.55. The van der Waals surface area contributed by atoms with Crippen LogP contribution in [0.5, 0.6) is 0 Å². The molecule has 42 heavy (non-hydrogen) atoms. The predicted octanol–water partition coefficient (Wildman–Crippen LogP) is 11.4. The van der Waals surface area contributed by atoms with E-state index in [2.05, 4.69) is 0 Å². The van der Waals surface area contributed by atoms with Gasteiger partial charge in [-0.2, -0.15) is 0 Å². The average molecular weight is 569 g/mol. The molecule has 196 valence electrons. The molecule has 0 saturated carbocycles. The Labute approximate surface area is 272 Å². The monoisotopic (exact) mass is 568 g/mol. The van der Waals surface area contributed by atoms with E-state index in [9.17, 15) is 4.11 Å². The van der Waals surface area contributed by atoms with E-state index in [0.29, 0.717) is 27.6 Å². The zero-order chi connectivity index (χ0) is 42.4. The van der Waals surface area contributed by atoms with Crippen LogP contribution in [0.3, 0.4) is 0 Å². The van der Waals surface area contributed by atoms with Gasteiger partial charge in [0, 0.05) is 31.6 Å².